The number of hydrogen-bond acceptors (Lipinski definition) is 3. The highest BCUT2D eigenvalue weighted by molar-refractivity contribution is 7.92. The van der Waals surface area contributed by atoms with E-state index < -0.39 is 10.0 Å². The van der Waals surface area contributed by atoms with Crippen molar-refractivity contribution in [1.82, 2.24) is 0 Å². The van der Waals surface area contributed by atoms with Gasteiger partial charge in [0.25, 0.3) is 10.0 Å². The van der Waals surface area contributed by atoms with Crippen molar-refractivity contribution in [3.05, 3.63) is 59.2 Å². The maximum absolute atomic E-state index is 12.4. The van der Waals surface area contributed by atoms with Gasteiger partial charge in [-0.3, -0.25) is 4.72 Å². The zero-order chi connectivity index (χ0) is 14.9. The molecule has 2 aromatic carbocycles. The zero-order valence-corrected chi connectivity index (χ0v) is 12.2. The molecule has 0 spiro atoms. The average molecular weight is 298 g/mol. The van der Waals surface area contributed by atoms with Gasteiger partial charge in [-0.05, 0) is 66.8 Å². The number of nitrogens with zero attached hydrogens (tertiary/aromatic N) is 1. The maximum atomic E-state index is 12.4. The first kappa shape index (κ1) is 13.7. The fraction of sp³-hybridized carbons (Fsp3) is 0.188. The maximum Gasteiger partial charge on any atom is 0.261 e. The van der Waals surface area contributed by atoms with Crippen LogP contribution in [0.15, 0.2) is 47.4 Å². The van der Waals surface area contributed by atoms with Gasteiger partial charge >= 0.3 is 0 Å². The normalized spacial score (nSPS) is 13.5. The van der Waals surface area contributed by atoms with Crippen LogP contribution in [0.1, 0.15) is 23.1 Å². The molecule has 1 N–H and O–H groups in total. The summed E-state index contributed by atoms with van der Waals surface area (Å²) >= 11 is 0. The van der Waals surface area contributed by atoms with Gasteiger partial charge in [-0.15, -0.1) is 0 Å². The molecule has 0 fully saturated rings. The van der Waals surface area contributed by atoms with E-state index in [0.29, 0.717) is 11.3 Å². The van der Waals surface area contributed by atoms with E-state index in [9.17, 15) is 8.42 Å². The van der Waals surface area contributed by atoms with Gasteiger partial charge in [-0.25, -0.2) is 8.42 Å². The summed E-state index contributed by atoms with van der Waals surface area (Å²) in [6.45, 7) is 0. The van der Waals surface area contributed by atoms with Crippen LogP contribution >= 0.6 is 0 Å². The smallest absolute Gasteiger partial charge is 0.261 e. The number of hydrogen-bond donors (Lipinski definition) is 1. The number of sulfonamides is 1. The molecule has 3 rings (SSSR count). The lowest BCUT2D eigenvalue weighted by molar-refractivity contribution is 0.601. The summed E-state index contributed by atoms with van der Waals surface area (Å²) in [5.41, 5.74) is 3.31. The van der Waals surface area contributed by atoms with Gasteiger partial charge in [0.15, 0.2) is 0 Å². The van der Waals surface area contributed by atoms with Crippen molar-refractivity contribution >= 4 is 15.7 Å². The fourth-order valence-corrected chi connectivity index (χ4v) is 3.65. The Kier molecular flexibility index (Phi) is 3.40. The first-order valence-electron chi connectivity index (χ1n) is 6.73. The molecule has 0 saturated carbocycles. The van der Waals surface area contributed by atoms with Gasteiger partial charge < -0.3 is 0 Å². The summed E-state index contributed by atoms with van der Waals surface area (Å²) in [6.07, 6.45) is 3.05. The van der Waals surface area contributed by atoms with E-state index >= 15 is 0 Å². The molecule has 1 aliphatic carbocycles. The molecule has 4 nitrogen and oxygen atoms in total. The molecule has 106 valence electrons. The number of fused-ring (bicyclic) bond motifs is 1. The number of anilines is 1. The predicted octanol–water partition coefficient (Wildman–Crippen LogP) is 2.85. The Hall–Kier alpha value is -2.32. The Morgan fingerprint density at radius 2 is 1.71 bits per heavy atom. The molecule has 0 atom stereocenters. The third kappa shape index (κ3) is 2.76. The van der Waals surface area contributed by atoms with Gasteiger partial charge in [0, 0.05) is 5.69 Å². The SMILES string of the molecule is N#Cc1ccc(NS(=O)(=O)c2ccc3c(c2)CCC3)cc1. The van der Waals surface area contributed by atoms with Gasteiger partial charge in [0.1, 0.15) is 0 Å². The van der Waals surface area contributed by atoms with Crippen molar-refractivity contribution in [1.29, 1.82) is 5.26 Å². The van der Waals surface area contributed by atoms with Crippen LogP contribution in [0, 0.1) is 11.3 Å². The summed E-state index contributed by atoms with van der Waals surface area (Å²) < 4.78 is 27.3. The molecule has 2 aromatic rings. The monoisotopic (exact) mass is 298 g/mol. The van der Waals surface area contributed by atoms with E-state index in [0.717, 1.165) is 24.8 Å². The van der Waals surface area contributed by atoms with E-state index in [-0.39, 0.29) is 4.90 Å². The number of rotatable bonds is 3. The zero-order valence-electron chi connectivity index (χ0n) is 11.3. The van der Waals surface area contributed by atoms with Crippen LogP contribution in [-0.2, 0) is 22.9 Å². The summed E-state index contributed by atoms with van der Waals surface area (Å²) in [7, 11) is -3.59. The van der Waals surface area contributed by atoms with Crippen LogP contribution < -0.4 is 4.72 Å². The Balaban J connectivity index is 1.88. The van der Waals surface area contributed by atoms with Gasteiger partial charge in [-0.2, -0.15) is 5.26 Å². The Bertz CT molecular complexity index is 818. The predicted molar refractivity (Wildman–Crippen MR) is 80.4 cm³/mol. The van der Waals surface area contributed by atoms with Gasteiger partial charge in [0.05, 0.1) is 16.5 Å². The molecule has 0 saturated heterocycles. The van der Waals surface area contributed by atoms with Crippen LogP contribution in [0.3, 0.4) is 0 Å². The third-order valence-electron chi connectivity index (χ3n) is 3.65. The molecule has 5 heteroatoms. The molecule has 0 radical (unpaired) electrons. The molecular formula is C16H14N2O2S. The van der Waals surface area contributed by atoms with Crippen molar-refractivity contribution in [2.75, 3.05) is 4.72 Å². The van der Waals surface area contributed by atoms with Crippen molar-refractivity contribution in [2.45, 2.75) is 24.2 Å². The van der Waals surface area contributed by atoms with Crippen LogP contribution in [-0.4, -0.2) is 8.42 Å². The number of nitriles is 1. The lowest BCUT2D eigenvalue weighted by atomic mass is 10.1. The van der Waals surface area contributed by atoms with E-state index in [1.54, 1.807) is 36.4 Å². The highest BCUT2D eigenvalue weighted by Crippen LogP contribution is 2.25. The molecular weight excluding hydrogens is 284 g/mol. The molecule has 0 aliphatic heterocycles. The Morgan fingerprint density at radius 3 is 2.43 bits per heavy atom. The van der Waals surface area contributed by atoms with Crippen molar-refractivity contribution in [3.63, 3.8) is 0 Å². The molecule has 0 unspecified atom stereocenters. The molecule has 0 amide bonds. The van der Waals surface area contributed by atoms with Crippen LogP contribution in [0.5, 0.6) is 0 Å². The minimum absolute atomic E-state index is 0.285. The van der Waals surface area contributed by atoms with E-state index in [4.69, 9.17) is 5.26 Å². The summed E-state index contributed by atoms with van der Waals surface area (Å²) in [4.78, 5) is 0.285. The van der Waals surface area contributed by atoms with E-state index in [1.165, 1.54) is 5.56 Å². The van der Waals surface area contributed by atoms with E-state index in [2.05, 4.69) is 4.72 Å². The molecule has 0 bridgehead atoms. The molecule has 21 heavy (non-hydrogen) atoms. The van der Waals surface area contributed by atoms with Crippen LogP contribution in [0.25, 0.3) is 0 Å². The average Bonchev–Trinajstić information content (AvgIpc) is 2.95. The number of aryl methyl sites for hydroxylation is 2. The highest BCUT2D eigenvalue weighted by Gasteiger charge is 2.18. The second-order valence-electron chi connectivity index (χ2n) is 5.08. The second kappa shape index (κ2) is 5.23. The Labute approximate surface area is 124 Å². The van der Waals surface area contributed by atoms with Gasteiger partial charge in [-0.1, -0.05) is 6.07 Å². The topological polar surface area (TPSA) is 70.0 Å². The number of nitrogens with one attached hydrogen (secondary N) is 1. The van der Waals surface area contributed by atoms with E-state index in [1.807, 2.05) is 12.1 Å². The second-order valence-corrected chi connectivity index (χ2v) is 6.76. The summed E-state index contributed by atoms with van der Waals surface area (Å²) in [5, 5.41) is 8.74. The minimum atomic E-state index is -3.59. The lowest BCUT2D eigenvalue weighted by Crippen LogP contribution is -2.13. The molecule has 1 aliphatic rings. The minimum Gasteiger partial charge on any atom is -0.280 e. The molecule has 0 heterocycles. The fourth-order valence-electron chi connectivity index (χ4n) is 2.54. The highest BCUT2D eigenvalue weighted by atomic mass is 32.2. The quantitative estimate of drug-likeness (QED) is 0.947. The van der Waals surface area contributed by atoms with Crippen molar-refractivity contribution in [3.8, 4) is 6.07 Å². The first-order chi connectivity index (χ1) is 10.1. The largest absolute Gasteiger partial charge is 0.280 e. The van der Waals surface area contributed by atoms with Crippen LogP contribution in [0.2, 0.25) is 0 Å². The third-order valence-corrected chi connectivity index (χ3v) is 5.03. The standard InChI is InChI=1S/C16H14N2O2S/c17-11-12-4-7-15(8-5-12)18-21(19,20)16-9-6-13-2-1-3-14(13)10-16/h4-10,18H,1-3H2. The summed E-state index contributed by atoms with van der Waals surface area (Å²) in [5.74, 6) is 0. The lowest BCUT2D eigenvalue weighted by Gasteiger charge is -2.09. The van der Waals surface area contributed by atoms with Crippen LogP contribution in [0.4, 0.5) is 5.69 Å². The van der Waals surface area contributed by atoms with Crippen molar-refractivity contribution < 1.29 is 8.42 Å². The molecule has 0 aromatic heterocycles. The number of benzene rings is 2. The Morgan fingerprint density at radius 1 is 1.00 bits per heavy atom. The summed E-state index contributed by atoms with van der Waals surface area (Å²) in [6, 6.07) is 13.6. The van der Waals surface area contributed by atoms with Gasteiger partial charge in [0.2, 0.25) is 0 Å². The van der Waals surface area contributed by atoms with Crippen molar-refractivity contribution in [2.24, 2.45) is 0 Å². The first-order valence-corrected chi connectivity index (χ1v) is 8.21.